The minimum atomic E-state index is -0.218. The van der Waals surface area contributed by atoms with Crippen molar-refractivity contribution in [2.24, 2.45) is 7.05 Å². The summed E-state index contributed by atoms with van der Waals surface area (Å²) in [5, 5.41) is 9.76. The molecule has 3 aromatic rings. The lowest BCUT2D eigenvalue weighted by Gasteiger charge is -2.29. The number of carbonyl (C=O) groups is 1. The Morgan fingerprint density at radius 2 is 2.03 bits per heavy atom. The predicted octanol–water partition coefficient (Wildman–Crippen LogP) is 4.10. The molecule has 1 aliphatic heterocycles. The molecule has 8 heteroatoms. The predicted molar refractivity (Wildman–Crippen MR) is 116 cm³/mol. The zero-order valence-corrected chi connectivity index (χ0v) is 17.8. The van der Waals surface area contributed by atoms with E-state index in [1.807, 2.05) is 43.7 Å². The molecule has 152 valence electrons. The molecule has 3 heterocycles. The Morgan fingerprint density at radius 1 is 1.24 bits per heavy atom. The maximum atomic E-state index is 13.0. The molecule has 7 nitrogen and oxygen atoms in total. The van der Waals surface area contributed by atoms with E-state index in [4.69, 9.17) is 4.74 Å². The second kappa shape index (κ2) is 8.24. The molecule has 0 atom stereocenters. The average molecular weight is 412 g/mol. The van der Waals surface area contributed by atoms with Crippen molar-refractivity contribution < 1.29 is 9.53 Å². The lowest BCUT2D eigenvalue weighted by atomic mass is 10.1. The SMILES string of the molecule is COc1ccc(N2CCCCC2)cc1C(=O)Nc1nc(-c2cn(C)nc2C)cs1. The van der Waals surface area contributed by atoms with Crippen molar-refractivity contribution in [1.29, 1.82) is 0 Å². The van der Waals surface area contributed by atoms with Crippen LogP contribution in [0.1, 0.15) is 35.3 Å². The number of aromatic nitrogens is 3. The van der Waals surface area contributed by atoms with Crippen molar-refractivity contribution in [2.45, 2.75) is 26.2 Å². The Morgan fingerprint density at radius 3 is 2.72 bits per heavy atom. The minimum Gasteiger partial charge on any atom is -0.496 e. The van der Waals surface area contributed by atoms with Crippen LogP contribution in [-0.2, 0) is 7.05 Å². The molecule has 0 unspecified atom stereocenters. The molecule has 1 saturated heterocycles. The highest BCUT2D eigenvalue weighted by Crippen LogP contribution is 2.30. The first-order valence-electron chi connectivity index (χ1n) is 9.75. The van der Waals surface area contributed by atoms with E-state index in [9.17, 15) is 4.79 Å². The van der Waals surface area contributed by atoms with E-state index in [0.717, 1.165) is 35.7 Å². The van der Waals surface area contributed by atoms with Crippen LogP contribution in [0.25, 0.3) is 11.3 Å². The Bertz CT molecular complexity index is 1020. The fraction of sp³-hybridized carbons (Fsp3) is 0.381. The first-order valence-corrected chi connectivity index (χ1v) is 10.6. The van der Waals surface area contributed by atoms with Gasteiger partial charge in [0.05, 0.1) is 24.1 Å². The Kier molecular flexibility index (Phi) is 5.53. The van der Waals surface area contributed by atoms with Crippen LogP contribution in [0.15, 0.2) is 29.8 Å². The van der Waals surface area contributed by atoms with Gasteiger partial charge in [0, 0.05) is 43.0 Å². The van der Waals surface area contributed by atoms with Gasteiger partial charge in [0.2, 0.25) is 0 Å². The summed E-state index contributed by atoms with van der Waals surface area (Å²) >= 11 is 1.40. The molecule has 1 aromatic carbocycles. The van der Waals surface area contributed by atoms with Gasteiger partial charge in [0.25, 0.3) is 5.91 Å². The highest BCUT2D eigenvalue weighted by atomic mass is 32.1. The van der Waals surface area contributed by atoms with Gasteiger partial charge >= 0.3 is 0 Å². The first-order chi connectivity index (χ1) is 14.0. The lowest BCUT2D eigenvalue weighted by Crippen LogP contribution is -2.29. The largest absolute Gasteiger partial charge is 0.496 e. The number of nitrogens with zero attached hydrogens (tertiary/aromatic N) is 4. The number of aryl methyl sites for hydroxylation is 2. The second-order valence-electron chi connectivity index (χ2n) is 7.23. The van der Waals surface area contributed by atoms with Crippen LogP contribution in [0.2, 0.25) is 0 Å². The number of anilines is 2. The molecular weight excluding hydrogens is 386 g/mol. The fourth-order valence-electron chi connectivity index (χ4n) is 3.69. The third-order valence-corrected chi connectivity index (χ3v) is 5.92. The van der Waals surface area contributed by atoms with Crippen LogP contribution < -0.4 is 15.0 Å². The zero-order valence-electron chi connectivity index (χ0n) is 16.9. The number of piperidine rings is 1. The van der Waals surface area contributed by atoms with Gasteiger partial charge < -0.3 is 9.64 Å². The molecule has 1 N–H and O–H groups in total. The molecule has 2 aromatic heterocycles. The third-order valence-electron chi connectivity index (χ3n) is 5.16. The number of hydrogen-bond donors (Lipinski definition) is 1. The molecule has 0 radical (unpaired) electrons. The van der Waals surface area contributed by atoms with Crippen molar-refractivity contribution >= 4 is 28.1 Å². The molecular formula is C21H25N5O2S. The number of methoxy groups -OCH3 is 1. The molecule has 1 aliphatic rings. The summed E-state index contributed by atoms with van der Waals surface area (Å²) in [5.41, 5.74) is 4.26. The normalized spacial score (nSPS) is 14.1. The number of ether oxygens (including phenoxy) is 1. The number of carbonyl (C=O) groups excluding carboxylic acids is 1. The van der Waals surface area contributed by atoms with Gasteiger partial charge in [-0.1, -0.05) is 0 Å². The van der Waals surface area contributed by atoms with E-state index < -0.39 is 0 Å². The highest BCUT2D eigenvalue weighted by Gasteiger charge is 2.19. The van der Waals surface area contributed by atoms with E-state index in [0.29, 0.717) is 16.4 Å². The number of nitrogens with one attached hydrogen (secondary N) is 1. The Hall–Kier alpha value is -2.87. The standard InChI is InChI=1S/C21H25N5O2S/c1-14-17(12-25(2)24-14)18-13-29-21(22-18)23-20(27)16-11-15(7-8-19(16)28-3)26-9-5-4-6-10-26/h7-8,11-13H,4-6,9-10H2,1-3H3,(H,22,23,27). The van der Waals surface area contributed by atoms with E-state index in [-0.39, 0.29) is 5.91 Å². The van der Waals surface area contributed by atoms with Crippen LogP contribution in [0.5, 0.6) is 5.75 Å². The van der Waals surface area contributed by atoms with Crippen LogP contribution >= 0.6 is 11.3 Å². The van der Waals surface area contributed by atoms with Gasteiger partial charge in [-0.15, -0.1) is 11.3 Å². The van der Waals surface area contributed by atoms with Crippen LogP contribution in [0.3, 0.4) is 0 Å². The van der Waals surface area contributed by atoms with Gasteiger partial charge in [-0.2, -0.15) is 5.10 Å². The Labute approximate surface area is 174 Å². The smallest absolute Gasteiger partial charge is 0.261 e. The maximum absolute atomic E-state index is 13.0. The molecule has 0 spiro atoms. The van der Waals surface area contributed by atoms with Crippen molar-refractivity contribution in [2.75, 3.05) is 30.4 Å². The van der Waals surface area contributed by atoms with Crippen molar-refractivity contribution in [3.63, 3.8) is 0 Å². The number of thiazole rings is 1. The van der Waals surface area contributed by atoms with Crippen molar-refractivity contribution in [3.8, 4) is 17.0 Å². The van der Waals surface area contributed by atoms with Gasteiger partial charge in [-0.25, -0.2) is 4.98 Å². The molecule has 4 rings (SSSR count). The summed E-state index contributed by atoms with van der Waals surface area (Å²) in [7, 11) is 3.46. The first kappa shape index (κ1) is 19.4. The molecule has 1 fully saturated rings. The van der Waals surface area contributed by atoms with Crippen LogP contribution in [-0.4, -0.2) is 40.9 Å². The molecule has 0 saturated carbocycles. The van der Waals surface area contributed by atoms with Gasteiger partial charge in [0.1, 0.15) is 5.75 Å². The summed E-state index contributed by atoms with van der Waals surface area (Å²) in [6.07, 6.45) is 5.57. The van der Waals surface area contributed by atoms with Gasteiger partial charge in [0.15, 0.2) is 5.13 Å². The summed E-state index contributed by atoms with van der Waals surface area (Å²) in [5.74, 6) is 0.340. The van der Waals surface area contributed by atoms with E-state index >= 15 is 0 Å². The summed E-state index contributed by atoms with van der Waals surface area (Å²) in [4.78, 5) is 19.9. The second-order valence-corrected chi connectivity index (χ2v) is 8.08. The zero-order chi connectivity index (χ0) is 20.4. The van der Waals surface area contributed by atoms with Gasteiger partial charge in [-0.05, 0) is 44.4 Å². The van der Waals surface area contributed by atoms with E-state index in [1.54, 1.807) is 11.8 Å². The summed E-state index contributed by atoms with van der Waals surface area (Å²) < 4.78 is 7.20. The van der Waals surface area contributed by atoms with Gasteiger partial charge in [-0.3, -0.25) is 14.8 Å². The van der Waals surface area contributed by atoms with Crippen molar-refractivity contribution in [3.05, 3.63) is 41.0 Å². The summed E-state index contributed by atoms with van der Waals surface area (Å²) in [6.45, 7) is 3.99. The highest BCUT2D eigenvalue weighted by molar-refractivity contribution is 7.14. The number of rotatable bonds is 5. The number of hydrogen-bond acceptors (Lipinski definition) is 6. The quantitative estimate of drug-likeness (QED) is 0.684. The molecule has 29 heavy (non-hydrogen) atoms. The lowest BCUT2D eigenvalue weighted by molar-refractivity contribution is 0.102. The topological polar surface area (TPSA) is 72.3 Å². The third kappa shape index (κ3) is 4.12. The van der Waals surface area contributed by atoms with E-state index in [1.165, 1.54) is 30.6 Å². The maximum Gasteiger partial charge on any atom is 0.261 e. The average Bonchev–Trinajstić information content (AvgIpc) is 3.33. The van der Waals surface area contributed by atoms with Crippen LogP contribution in [0.4, 0.5) is 10.8 Å². The molecule has 0 aliphatic carbocycles. The minimum absolute atomic E-state index is 0.218. The van der Waals surface area contributed by atoms with Crippen molar-refractivity contribution in [1.82, 2.24) is 14.8 Å². The molecule has 1 amide bonds. The van der Waals surface area contributed by atoms with E-state index in [2.05, 4.69) is 20.3 Å². The molecule has 0 bridgehead atoms. The Balaban J connectivity index is 1.55. The number of amides is 1. The summed E-state index contributed by atoms with van der Waals surface area (Å²) in [6, 6.07) is 5.80. The fourth-order valence-corrected chi connectivity index (χ4v) is 4.40. The van der Waals surface area contributed by atoms with Crippen LogP contribution in [0, 0.1) is 6.92 Å². The number of benzene rings is 1. The monoisotopic (exact) mass is 411 g/mol.